The molecule has 134 valence electrons. The number of imidazole rings is 1. The zero-order chi connectivity index (χ0) is 17.4. The number of fused-ring (bicyclic) bond motifs is 1. The first-order chi connectivity index (χ1) is 12.1. The van der Waals surface area contributed by atoms with Crippen molar-refractivity contribution in [1.29, 1.82) is 0 Å². The van der Waals surface area contributed by atoms with E-state index in [2.05, 4.69) is 20.7 Å². The predicted molar refractivity (Wildman–Crippen MR) is 92.5 cm³/mol. The summed E-state index contributed by atoms with van der Waals surface area (Å²) in [5.74, 6) is 1.06. The number of nitrogens with zero attached hydrogens (tertiary/aromatic N) is 5. The quantitative estimate of drug-likeness (QED) is 0.849. The third kappa shape index (κ3) is 3.33. The zero-order valence-electron chi connectivity index (χ0n) is 14.9. The molecular weight excluding hydrogens is 318 g/mol. The summed E-state index contributed by atoms with van der Waals surface area (Å²) < 4.78 is 9.95. The number of morpholine rings is 1. The van der Waals surface area contributed by atoms with Gasteiger partial charge in [0.25, 0.3) is 5.91 Å². The number of rotatable bonds is 3. The van der Waals surface area contributed by atoms with Gasteiger partial charge in [0.05, 0.1) is 24.9 Å². The van der Waals surface area contributed by atoms with Crippen LogP contribution >= 0.6 is 0 Å². The van der Waals surface area contributed by atoms with E-state index in [1.54, 1.807) is 0 Å². The van der Waals surface area contributed by atoms with Crippen molar-refractivity contribution in [2.75, 3.05) is 19.7 Å². The highest BCUT2D eigenvalue weighted by Gasteiger charge is 2.28. The van der Waals surface area contributed by atoms with Gasteiger partial charge in [0.15, 0.2) is 0 Å². The SMILES string of the molecule is Cc1cc(C)n(CC2CN(C(=O)c3cn4c(n3)CCCC4)CCO2)n1. The van der Waals surface area contributed by atoms with E-state index in [4.69, 9.17) is 4.74 Å². The van der Waals surface area contributed by atoms with Crippen LogP contribution in [0.5, 0.6) is 0 Å². The second-order valence-corrected chi connectivity index (χ2v) is 7.05. The number of hydrogen-bond acceptors (Lipinski definition) is 4. The molecule has 0 spiro atoms. The van der Waals surface area contributed by atoms with Crippen LogP contribution in [0.15, 0.2) is 12.3 Å². The van der Waals surface area contributed by atoms with Gasteiger partial charge in [0.1, 0.15) is 11.5 Å². The van der Waals surface area contributed by atoms with E-state index in [1.807, 2.05) is 29.6 Å². The first kappa shape index (κ1) is 16.3. The van der Waals surface area contributed by atoms with Crippen molar-refractivity contribution in [3.63, 3.8) is 0 Å². The van der Waals surface area contributed by atoms with Crippen molar-refractivity contribution >= 4 is 5.91 Å². The van der Waals surface area contributed by atoms with Crippen LogP contribution in [0.3, 0.4) is 0 Å². The van der Waals surface area contributed by atoms with Crippen LogP contribution in [0.1, 0.15) is 40.5 Å². The van der Waals surface area contributed by atoms with Crippen LogP contribution in [0.2, 0.25) is 0 Å². The molecule has 0 saturated carbocycles. The van der Waals surface area contributed by atoms with Gasteiger partial charge in [-0.05, 0) is 32.8 Å². The Balaban J connectivity index is 1.44. The summed E-state index contributed by atoms with van der Waals surface area (Å²) in [6.07, 6.45) is 5.18. The predicted octanol–water partition coefficient (Wildman–Crippen LogP) is 1.57. The van der Waals surface area contributed by atoms with E-state index in [-0.39, 0.29) is 12.0 Å². The fraction of sp³-hybridized carbons (Fsp3) is 0.611. The minimum absolute atomic E-state index is 0.0172. The molecule has 1 amide bonds. The second kappa shape index (κ2) is 6.63. The highest BCUT2D eigenvalue weighted by molar-refractivity contribution is 5.92. The average Bonchev–Trinajstić information content (AvgIpc) is 3.17. The topological polar surface area (TPSA) is 65.2 Å². The fourth-order valence-electron chi connectivity index (χ4n) is 3.74. The lowest BCUT2D eigenvalue weighted by Crippen LogP contribution is -2.47. The van der Waals surface area contributed by atoms with Crippen molar-refractivity contribution in [3.05, 3.63) is 35.2 Å². The zero-order valence-corrected chi connectivity index (χ0v) is 14.9. The molecule has 2 aromatic heterocycles. The highest BCUT2D eigenvalue weighted by atomic mass is 16.5. The molecule has 7 nitrogen and oxygen atoms in total. The molecule has 4 rings (SSSR count). The second-order valence-electron chi connectivity index (χ2n) is 7.05. The van der Waals surface area contributed by atoms with Crippen molar-refractivity contribution in [2.24, 2.45) is 0 Å². The maximum atomic E-state index is 12.9. The number of aryl methyl sites for hydroxylation is 4. The number of carbonyl (C=O) groups excluding carboxylic acids is 1. The van der Waals surface area contributed by atoms with Gasteiger partial charge in [-0.1, -0.05) is 0 Å². The summed E-state index contributed by atoms with van der Waals surface area (Å²) >= 11 is 0. The van der Waals surface area contributed by atoms with Crippen LogP contribution in [0.4, 0.5) is 0 Å². The fourth-order valence-corrected chi connectivity index (χ4v) is 3.74. The van der Waals surface area contributed by atoms with E-state index < -0.39 is 0 Å². The van der Waals surface area contributed by atoms with Gasteiger partial charge in [-0.2, -0.15) is 5.10 Å². The molecule has 1 saturated heterocycles. The molecular formula is C18H25N5O2. The smallest absolute Gasteiger partial charge is 0.274 e. The van der Waals surface area contributed by atoms with Crippen LogP contribution in [0, 0.1) is 13.8 Å². The Kier molecular flexibility index (Phi) is 4.33. The Morgan fingerprint density at radius 2 is 2.20 bits per heavy atom. The molecule has 7 heteroatoms. The molecule has 2 aliphatic rings. The Labute approximate surface area is 147 Å². The Bertz CT molecular complexity index is 755. The van der Waals surface area contributed by atoms with Gasteiger partial charge in [0, 0.05) is 37.9 Å². The maximum Gasteiger partial charge on any atom is 0.274 e. The van der Waals surface area contributed by atoms with Crippen molar-refractivity contribution < 1.29 is 9.53 Å². The summed E-state index contributed by atoms with van der Waals surface area (Å²) in [4.78, 5) is 19.3. The number of hydrogen-bond donors (Lipinski definition) is 0. The molecule has 1 unspecified atom stereocenters. The lowest BCUT2D eigenvalue weighted by molar-refractivity contribution is -0.0304. The molecule has 4 heterocycles. The standard InChI is InChI=1S/C18H25N5O2/c1-13-9-14(2)23(20-13)11-15-10-22(7-8-25-15)18(24)16-12-21-6-4-3-5-17(21)19-16/h9,12,15H,3-8,10-11H2,1-2H3. The normalized spacial score (nSPS) is 20.6. The molecule has 1 atom stereocenters. The summed E-state index contributed by atoms with van der Waals surface area (Å²) in [6, 6.07) is 2.06. The van der Waals surface area contributed by atoms with E-state index in [0.29, 0.717) is 31.9 Å². The molecule has 0 radical (unpaired) electrons. The third-order valence-electron chi connectivity index (χ3n) is 5.03. The van der Waals surface area contributed by atoms with Gasteiger partial charge in [-0.25, -0.2) is 4.98 Å². The number of ether oxygens (including phenoxy) is 1. The van der Waals surface area contributed by atoms with Crippen LogP contribution < -0.4 is 0 Å². The van der Waals surface area contributed by atoms with Gasteiger partial charge >= 0.3 is 0 Å². The maximum absolute atomic E-state index is 12.9. The Morgan fingerprint density at radius 3 is 2.96 bits per heavy atom. The summed E-state index contributed by atoms with van der Waals surface area (Å²) in [5.41, 5.74) is 2.69. The van der Waals surface area contributed by atoms with Crippen LogP contribution in [-0.4, -0.2) is 55.9 Å². The van der Waals surface area contributed by atoms with E-state index >= 15 is 0 Å². The lowest BCUT2D eigenvalue weighted by atomic mass is 10.2. The molecule has 0 N–H and O–H groups in total. The molecule has 25 heavy (non-hydrogen) atoms. The van der Waals surface area contributed by atoms with Gasteiger partial charge < -0.3 is 14.2 Å². The molecule has 1 fully saturated rings. The average molecular weight is 343 g/mol. The first-order valence-corrected chi connectivity index (χ1v) is 9.08. The third-order valence-corrected chi connectivity index (χ3v) is 5.03. The lowest BCUT2D eigenvalue weighted by Gasteiger charge is -2.32. The van der Waals surface area contributed by atoms with Crippen LogP contribution in [-0.2, 0) is 24.2 Å². The van der Waals surface area contributed by atoms with Crippen molar-refractivity contribution in [3.8, 4) is 0 Å². The molecule has 0 aliphatic carbocycles. The largest absolute Gasteiger partial charge is 0.373 e. The minimum atomic E-state index is -0.0343. The molecule has 0 aromatic carbocycles. The van der Waals surface area contributed by atoms with Gasteiger partial charge in [0.2, 0.25) is 0 Å². The number of aromatic nitrogens is 4. The minimum Gasteiger partial charge on any atom is -0.373 e. The van der Waals surface area contributed by atoms with Crippen molar-refractivity contribution in [2.45, 2.75) is 52.3 Å². The molecule has 2 aromatic rings. The van der Waals surface area contributed by atoms with E-state index in [9.17, 15) is 4.79 Å². The molecule has 2 aliphatic heterocycles. The van der Waals surface area contributed by atoms with Crippen molar-refractivity contribution in [1.82, 2.24) is 24.2 Å². The highest BCUT2D eigenvalue weighted by Crippen LogP contribution is 2.17. The summed E-state index contributed by atoms with van der Waals surface area (Å²) in [7, 11) is 0. The summed E-state index contributed by atoms with van der Waals surface area (Å²) in [6.45, 7) is 7.43. The Morgan fingerprint density at radius 1 is 1.32 bits per heavy atom. The van der Waals surface area contributed by atoms with E-state index in [0.717, 1.165) is 36.6 Å². The van der Waals surface area contributed by atoms with E-state index in [1.165, 1.54) is 6.42 Å². The number of carbonyl (C=O) groups is 1. The molecule has 0 bridgehead atoms. The Hall–Kier alpha value is -2.15. The number of amides is 1. The monoisotopic (exact) mass is 343 g/mol. The summed E-state index contributed by atoms with van der Waals surface area (Å²) in [5, 5.41) is 4.49. The van der Waals surface area contributed by atoms with Gasteiger partial charge in [-0.3, -0.25) is 9.48 Å². The van der Waals surface area contributed by atoms with Crippen LogP contribution in [0.25, 0.3) is 0 Å². The first-order valence-electron chi connectivity index (χ1n) is 9.08. The van der Waals surface area contributed by atoms with Gasteiger partial charge in [-0.15, -0.1) is 0 Å².